The van der Waals surface area contributed by atoms with E-state index in [9.17, 15) is 9.59 Å². The van der Waals surface area contributed by atoms with Crippen molar-refractivity contribution < 1.29 is 19.1 Å². The smallest absolute Gasteiger partial charge is 0.338 e. The molecule has 2 rings (SSSR count). The van der Waals surface area contributed by atoms with Crippen molar-refractivity contribution in [2.24, 2.45) is 0 Å². The van der Waals surface area contributed by atoms with Gasteiger partial charge in [0.2, 0.25) is 0 Å². The van der Waals surface area contributed by atoms with E-state index in [4.69, 9.17) is 21.7 Å². The van der Waals surface area contributed by atoms with Gasteiger partial charge in [-0.15, -0.1) is 0 Å². The van der Waals surface area contributed by atoms with E-state index in [1.54, 1.807) is 48.5 Å². The normalized spacial score (nSPS) is 10.3. The molecule has 1 amide bonds. The number of unbranched alkanes of at least 4 members (excludes halogenated alkanes) is 4. The lowest BCUT2D eigenvalue weighted by Crippen LogP contribution is -2.34. The number of nitrogens with one attached hydrogen (secondary N) is 2. The third-order valence-electron chi connectivity index (χ3n) is 4.68. The number of hydrogen-bond acceptors (Lipinski definition) is 5. The van der Waals surface area contributed by atoms with E-state index in [1.165, 1.54) is 25.7 Å². The van der Waals surface area contributed by atoms with Crippen molar-refractivity contribution in [2.45, 2.75) is 52.4 Å². The van der Waals surface area contributed by atoms with Gasteiger partial charge in [0.1, 0.15) is 5.75 Å². The molecule has 0 atom stereocenters. The van der Waals surface area contributed by atoms with Crippen LogP contribution in [0.25, 0.3) is 0 Å². The van der Waals surface area contributed by atoms with E-state index in [0.717, 1.165) is 18.6 Å². The first-order valence-electron chi connectivity index (χ1n) is 11.2. The van der Waals surface area contributed by atoms with Gasteiger partial charge in [0.25, 0.3) is 5.91 Å². The van der Waals surface area contributed by atoms with Crippen LogP contribution in [0.4, 0.5) is 5.69 Å². The average Bonchev–Trinajstić information content (AvgIpc) is 2.80. The zero-order chi connectivity index (χ0) is 23.2. The molecule has 2 N–H and O–H groups in total. The molecule has 0 heterocycles. The maximum Gasteiger partial charge on any atom is 0.338 e. The molecule has 0 spiro atoms. The Hall–Kier alpha value is -2.93. The number of esters is 1. The van der Waals surface area contributed by atoms with Crippen LogP contribution in [-0.2, 0) is 4.74 Å². The second kappa shape index (κ2) is 14.2. The molecular weight excluding hydrogens is 424 g/mol. The van der Waals surface area contributed by atoms with E-state index >= 15 is 0 Å². The number of carbonyl (C=O) groups is 2. The highest BCUT2D eigenvalue weighted by Gasteiger charge is 2.10. The third kappa shape index (κ3) is 9.06. The van der Waals surface area contributed by atoms with Crippen molar-refractivity contribution in [3.63, 3.8) is 0 Å². The molecule has 2 aromatic carbocycles. The van der Waals surface area contributed by atoms with Crippen molar-refractivity contribution >= 4 is 34.9 Å². The summed E-state index contributed by atoms with van der Waals surface area (Å²) in [6.07, 6.45) is 6.70. The van der Waals surface area contributed by atoms with E-state index in [2.05, 4.69) is 17.6 Å². The molecule has 0 aromatic heterocycles. The number of benzene rings is 2. The lowest BCUT2D eigenvalue weighted by molar-refractivity contribution is 0.0505. The molecule has 0 aliphatic heterocycles. The third-order valence-corrected chi connectivity index (χ3v) is 4.88. The summed E-state index contributed by atoms with van der Waals surface area (Å²) in [6, 6.07) is 13.7. The molecule has 0 bridgehead atoms. The van der Waals surface area contributed by atoms with Gasteiger partial charge in [-0.1, -0.05) is 39.5 Å². The Morgan fingerprint density at radius 2 is 1.47 bits per heavy atom. The maximum absolute atomic E-state index is 12.4. The Labute approximate surface area is 195 Å². The molecule has 32 heavy (non-hydrogen) atoms. The first-order chi connectivity index (χ1) is 15.5. The standard InChI is InChI=1S/C25H32N2O4S/c1-3-5-6-7-8-18-30-22-15-11-19(12-16-22)23(28)27-25(32)26-21-13-9-20(10-14-21)24(29)31-17-4-2/h9-16H,3-8,17-18H2,1-2H3,(H2,26,27,28,32). The molecule has 7 heteroatoms. The van der Waals surface area contributed by atoms with E-state index in [1.807, 2.05) is 6.92 Å². The fourth-order valence-corrected chi connectivity index (χ4v) is 3.11. The second-order valence-electron chi connectivity index (χ2n) is 7.41. The fraction of sp³-hybridized carbons (Fsp3) is 0.400. The van der Waals surface area contributed by atoms with Gasteiger partial charge in [0.15, 0.2) is 5.11 Å². The Morgan fingerprint density at radius 3 is 2.12 bits per heavy atom. The minimum absolute atomic E-state index is 0.170. The van der Waals surface area contributed by atoms with Crippen LogP contribution < -0.4 is 15.4 Å². The summed E-state index contributed by atoms with van der Waals surface area (Å²) < 4.78 is 10.8. The van der Waals surface area contributed by atoms with E-state index in [0.29, 0.717) is 30.0 Å². The van der Waals surface area contributed by atoms with Crippen LogP contribution in [0.1, 0.15) is 73.1 Å². The van der Waals surface area contributed by atoms with Gasteiger partial charge in [-0.05, 0) is 73.6 Å². The average molecular weight is 457 g/mol. The van der Waals surface area contributed by atoms with Gasteiger partial charge in [-0.25, -0.2) is 4.79 Å². The topological polar surface area (TPSA) is 76.7 Å². The van der Waals surface area contributed by atoms with Crippen LogP contribution in [0.3, 0.4) is 0 Å². The largest absolute Gasteiger partial charge is 0.494 e. The minimum Gasteiger partial charge on any atom is -0.494 e. The molecular formula is C25H32N2O4S. The molecule has 0 radical (unpaired) electrons. The summed E-state index contributed by atoms with van der Waals surface area (Å²) in [5.41, 5.74) is 1.60. The molecule has 172 valence electrons. The van der Waals surface area contributed by atoms with Crippen LogP contribution in [0.5, 0.6) is 5.75 Å². The molecule has 0 saturated heterocycles. The Kier molecular flexibility index (Phi) is 11.2. The lowest BCUT2D eigenvalue weighted by atomic mass is 10.2. The molecule has 2 aromatic rings. The van der Waals surface area contributed by atoms with Crippen LogP contribution in [0.2, 0.25) is 0 Å². The first kappa shape index (κ1) is 25.3. The monoisotopic (exact) mass is 456 g/mol. The number of rotatable bonds is 12. The summed E-state index contributed by atoms with van der Waals surface area (Å²) >= 11 is 5.22. The summed E-state index contributed by atoms with van der Waals surface area (Å²) in [6.45, 7) is 5.20. The van der Waals surface area contributed by atoms with Crippen molar-refractivity contribution in [1.82, 2.24) is 5.32 Å². The minimum atomic E-state index is -0.363. The number of thiocarbonyl (C=S) groups is 1. The maximum atomic E-state index is 12.4. The van der Waals surface area contributed by atoms with Gasteiger partial charge in [-0.3, -0.25) is 10.1 Å². The fourth-order valence-electron chi connectivity index (χ4n) is 2.90. The number of hydrogen-bond donors (Lipinski definition) is 2. The summed E-state index contributed by atoms with van der Waals surface area (Å²) in [5.74, 6) is 0.0712. The summed E-state index contributed by atoms with van der Waals surface area (Å²) in [7, 11) is 0. The zero-order valence-corrected chi connectivity index (χ0v) is 19.6. The van der Waals surface area contributed by atoms with Crippen molar-refractivity contribution in [3.8, 4) is 5.75 Å². The van der Waals surface area contributed by atoms with Crippen molar-refractivity contribution in [2.75, 3.05) is 18.5 Å². The number of carbonyl (C=O) groups excluding carboxylic acids is 2. The highest BCUT2D eigenvalue weighted by Crippen LogP contribution is 2.14. The van der Waals surface area contributed by atoms with Gasteiger partial charge < -0.3 is 14.8 Å². The molecule has 0 aliphatic carbocycles. The predicted molar refractivity (Wildman–Crippen MR) is 131 cm³/mol. The highest BCUT2D eigenvalue weighted by atomic mass is 32.1. The molecule has 0 unspecified atom stereocenters. The summed E-state index contributed by atoms with van der Waals surface area (Å²) in [5, 5.41) is 5.76. The first-order valence-corrected chi connectivity index (χ1v) is 11.6. The van der Waals surface area contributed by atoms with Gasteiger partial charge in [0.05, 0.1) is 18.8 Å². The molecule has 0 fully saturated rings. The van der Waals surface area contributed by atoms with E-state index < -0.39 is 0 Å². The van der Waals surface area contributed by atoms with Crippen LogP contribution >= 0.6 is 12.2 Å². The molecule has 0 aliphatic rings. The predicted octanol–water partition coefficient (Wildman–Crippen LogP) is 5.73. The van der Waals surface area contributed by atoms with E-state index in [-0.39, 0.29) is 17.0 Å². The van der Waals surface area contributed by atoms with Crippen molar-refractivity contribution in [1.29, 1.82) is 0 Å². The Morgan fingerprint density at radius 1 is 0.812 bits per heavy atom. The Bertz CT molecular complexity index is 867. The highest BCUT2D eigenvalue weighted by molar-refractivity contribution is 7.80. The number of ether oxygens (including phenoxy) is 2. The van der Waals surface area contributed by atoms with Gasteiger partial charge in [0, 0.05) is 11.3 Å². The Balaban J connectivity index is 1.77. The van der Waals surface area contributed by atoms with Crippen LogP contribution in [-0.4, -0.2) is 30.2 Å². The van der Waals surface area contributed by atoms with Crippen LogP contribution in [0.15, 0.2) is 48.5 Å². The summed E-state index contributed by atoms with van der Waals surface area (Å²) in [4.78, 5) is 24.3. The lowest BCUT2D eigenvalue weighted by Gasteiger charge is -2.11. The quantitative estimate of drug-likeness (QED) is 0.241. The van der Waals surface area contributed by atoms with Crippen LogP contribution in [0, 0.1) is 0 Å². The molecule has 6 nitrogen and oxygen atoms in total. The SMILES string of the molecule is CCCCCCCOc1ccc(C(=O)NC(=S)Nc2ccc(C(=O)OCCC)cc2)cc1. The second-order valence-corrected chi connectivity index (χ2v) is 7.82. The van der Waals surface area contributed by atoms with Gasteiger partial charge in [-0.2, -0.15) is 0 Å². The zero-order valence-electron chi connectivity index (χ0n) is 18.8. The number of amides is 1. The number of anilines is 1. The van der Waals surface area contributed by atoms with Gasteiger partial charge >= 0.3 is 5.97 Å². The van der Waals surface area contributed by atoms with Crippen molar-refractivity contribution in [3.05, 3.63) is 59.7 Å². The molecule has 0 saturated carbocycles.